The van der Waals surface area contributed by atoms with Crippen molar-refractivity contribution < 1.29 is 4.52 Å². The number of rotatable bonds is 3. The third-order valence-corrected chi connectivity index (χ3v) is 2.45. The van der Waals surface area contributed by atoms with Gasteiger partial charge in [0.05, 0.1) is 24.0 Å². The van der Waals surface area contributed by atoms with Gasteiger partial charge in [-0.1, -0.05) is 17.3 Å². The van der Waals surface area contributed by atoms with Crippen LogP contribution < -0.4 is 5.73 Å². The molecule has 0 amide bonds. The molecule has 17 heavy (non-hydrogen) atoms. The van der Waals surface area contributed by atoms with Crippen molar-refractivity contribution in [2.45, 2.75) is 13.0 Å². The Bertz CT molecular complexity index is 609. The Balaban J connectivity index is 1.89. The molecule has 6 nitrogen and oxygen atoms in total. The standard InChI is InChI=1S/C11H11N5O/c12-6-11-15-10(16-17-11)5-9-13-7-3-1-2-4-8(7)14-9/h1-4H,5-6,12H2,(H,13,14). The molecule has 0 bridgehead atoms. The summed E-state index contributed by atoms with van der Waals surface area (Å²) in [5.74, 6) is 1.84. The number of H-pyrrole nitrogens is 1. The molecule has 1 aromatic carbocycles. The highest BCUT2D eigenvalue weighted by atomic mass is 16.5. The summed E-state index contributed by atoms with van der Waals surface area (Å²) in [6.45, 7) is 0.257. The highest BCUT2D eigenvalue weighted by Crippen LogP contribution is 2.12. The third kappa shape index (κ3) is 1.90. The fourth-order valence-electron chi connectivity index (χ4n) is 1.68. The van der Waals surface area contributed by atoms with Gasteiger partial charge in [0, 0.05) is 0 Å². The van der Waals surface area contributed by atoms with E-state index >= 15 is 0 Å². The second-order valence-electron chi connectivity index (χ2n) is 3.69. The maximum Gasteiger partial charge on any atom is 0.240 e. The van der Waals surface area contributed by atoms with Gasteiger partial charge < -0.3 is 15.2 Å². The van der Waals surface area contributed by atoms with Gasteiger partial charge in [0.2, 0.25) is 5.89 Å². The quantitative estimate of drug-likeness (QED) is 0.698. The van der Waals surface area contributed by atoms with Crippen LogP contribution in [0, 0.1) is 0 Å². The Morgan fingerprint density at radius 1 is 1.24 bits per heavy atom. The monoisotopic (exact) mass is 229 g/mol. The van der Waals surface area contributed by atoms with Crippen LogP contribution >= 0.6 is 0 Å². The minimum atomic E-state index is 0.257. The van der Waals surface area contributed by atoms with E-state index in [2.05, 4.69) is 20.1 Å². The maximum absolute atomic E-state index is 5.40. The van der Waals surface area contributed by atoms with Gasteiger partial charge >= 0.3 is 0 Å². The van der Waals surface area contributed by atoms with E-state index < -0.39 is 0 Å². The van der Waals surface area contributed by atoms with Crippen molar-refractivity contribution in [2.75, 3.05) is 0 Å². The van der Waals surface area contributed by atoms with Crippen molar-refractivity contribution >= 4 is 11.0 Å². The van der Waals surface area contributed by atoms with E-state index in [1.165, 1.54) is 0 Å². The van der Waals surface area contributed by atoms with Crippen molar-refractivity contribution in [1.82, 2.24) is 20.1 Å². The molecule has 2 heterocycles. The first-order valence-corrected chi connectivity index (χ1v) is 5.30. The average Bonchev–Trinajstić information content (AvgIpc) is 2.94. The number of para-hydroxylation sites is 2. The molecule has 0 radical (unpaired) electrons. The van der Waals surface area contributed by atoms with Gasteiger partial charge in [-0.3, -0.25) is 0 Å². The Hall–Kier alpha value is -2.21. The van der Waals surface area contributed by atoms with Crippen LogP contribution in [0.4, 0.5) is 0 Å². The lowest BCUT2D eigenvalue weighted by Crippen LogP contribution is -1.97. The topological polar surface area (TPSA) is 93.6 Å². The molecule has 0 aliphatic heterocycles. The zero-order valence-corrected chi connectivity index (χ0v) is 9.05. The summed E-state index contributed by atoms with van der Waals surface area (Å²) in [7, 11) is 0. The third-order valence-electron chi connectivity index (χ3n) is 2.45. The Kier molecular flexibility index (Phi) is 2.34. The molecule has 0 spiro atoms. The van der Waals surface area contributed by atoms with E-state index in [1.54, 1.807) is 0 Å². The number of aromatic amines is 1. The van der Waals surface area contributed by atoms with Gasteiger partial charge in [0.15, 0.2) is 5.82 Å². The Labute approximate surface area is 96.9 Å². The first kappa shape index (κ1) is 9.98. The number of hydrogen-bond donors (Lipinski definition) is 2. The fourth-order valence-corrected chi connectivity index (χ4v) is 1.68. The summed E-state index contributed by atoms with van der Waals surface area (Å²) in [5.41, 5.74) is 7.34. The number of fused-ring (bicyclic) bond motifs is 1. The molecule has 6 heteroatoms. The molecule has 3 rings (SSSR count). The van der Waals surface area contributed by atoms with Crippen LogP contribution in [0.5, 0.6) is 0 Å². The molecule has 0 fully saturated rings. The lowest BCUT2D eigenvalue weighted by molar-refractivity contribution is 0.375. The first-order valence-electron chi connectivity index (χ1n) is 5.30. The second kappa shape index (κ2) is 3.99. The highest BCUT2D eigenvalue weighted by molar-refractivity contribution is 5.74. The zero-order chi connectivity index (χ0) is 11.7. The summed E-state index contributed by atoms with van der Waals surface area (Å²) in [6, 6.07) is 7.85. The molecule has 0 aliphatic carbocycles. The minimum absolute atomic E-state index is 0.257. The molecule has 2 aromatic heterocycles. The summed E-state index contributed by atoms with van der Waals surface area (Å²) < 4.78 is 4.93. The number of benzene rings is 1. The molecule has 86 valence electrons. The van der Waals surface area contributed by atoms with Crippen LogP contribution in [0.2, 0.25) is 0 Å². The maximum atomic E-state index is 5.40. The lowest BCUT2D eigenvalue weighted by Gasteiger charge is -1.87. The number of nitrogens with one attached hydrogen (secondary N) is 1. The number of imidazole rings is 1. The predicted octanol–water partition coefficient (Wildman–Crippen LogP) is 0.995. The van der Waals surface area contributed by atoms with E-state index in [1.807, 2.05) is 24.3 Å². The van der Waals surface area contributed by atoms with Crippen LogP contribution in [0.25, 0.3) is 11.0 Å². The van der Waals surface area contributed by atoms with E-state index in [0.29, 0.717) is 18.1 Å². The smallest absolute Gasteiger partial charge is 0.240 e. The Morgan fingerprint density at radius 3 is 2.88 bits per heavy atom. The molecule has 0 unspecified atom stereocenters. The predicted molar refractivity (Wildman–Crippen MR) is 61.1 cm³/mol. The SMILES string of the molecule is NCc1nc(Cc2nc3ccccc3[nH]2)no1. The molecule has 3 aromatic rings. The van der Waals surface area contributed by atoms with Gasteiger partial charge in [0.25, 0.3) is 0 Å². The normalized spacial score (nSPS) is 11.1. The van der Waals surface area contributed by atoms with Crippen molar-refractivity contribution in [3.05, 3.63) is 41.8 Å². The first-order chi connectivity index (χ1) is 8.35. The van der Waals surface area contributed by atoms with Crippen molar-refractivity contribution in [3.63, 3.8) is 0 Å². The van der Waals surface area contributed by atoms with E-state index in [-0.39, 0.29) is 6.54 Å². The molecule has 0 saturated carbocycles. The summed E-state index contributed by atoms with van der Waals surface area (Å²) in [6.07, 6.45) is 0.512. The molecular weight excluding hydrogens is 218 g/mol. The van der Waals surface area contributed by atoms with Crippen LogP contribution in [0.1, 0.15) is 17.5 Å². The van der Waals surface area contributed by atoms with Crippen molar-refractivity contribution in [1.29, 1.82) is 0 Å². The van der Waals surface area contributed by atoms with Gasteiger partial charge in [0.1, 0.15) is 5.82 Å². The Morgan fingerprint density at radius 2 is 2.12 bits per heavy atom. The van der Waals surface area contributed by atoms with Gasteiger partial charge in [-0.2, -0.15) is 4.98 Å². The van der Waals surface area contributed by atoms with Crippen LogP contribution in [-0.4, -0.2) is 20.1 Å². The zero-order valence-electron chi connectivity index (χ0n) is 9.05. The largest absolute Gasteiger partial charge is 0.342 e. The van der Waals surface area contributed by atoms with Gasteiger partial charge in [-0.15, -0.1) is 0 Å². The molecular formula is C11H11N5O. The van der Waals surface area contributed by atoms with E-state index in [9.17, 15) is 0 Å². The van der Waals surface area contributed by atoms with E-state index in [4.69, 9.17) is 10.3 Å². The average molecular weight is 229 g/mol. The number of aromatic nitrogens is 4. The summed E-state index contributed by atoms with van der Waals surface area (Å²) in [4.78, 5) is 11.8. The molecule has 0 atom stereocenters. The van der Waals surface area contributed by atoms with Crippen LogP contribution in [0.15, 0.2) is 28.8 Å². The summed E-state index contributed by atoms with van der Waals surface area (Å²) >= 11 is 0. The van der Waals surface area contributed by atoms with Crippen LogP contribution in [-0.2, 0) is 13.0 Å². The van der Waals surface area contributed by atoms with Gasteiger partial charge in [-0.25, -0.2) is 4.98 Å². The molecule has 0 aliphatic rings. The summed E-state index contributed by atoms with van der Waals surface area (Å²) in [5, 5.41) is 3.83. The van der Waals surface area contributed by atoms with Crippen LogP contribution in [0.3, 0.4) is 0 Å². The number of nitrogens with two attached hydrogens (primary N) is 1. The molecule has 3 N–H and O–H groups in total. The van der Waals surface area contributed by atoms with Crippen molar-refractivity contribution in [3.8, 4) is 0 Å². The number of hydrogen-bond acceptors (Lipinski definition) is 5. The minimum Gasteiger partial charge on any atom is -0.342 e. The lowest BCUT2D eigenvalue weighted by atomic mass is 10.3. The second-order valence-corrected chi connectivity index (χ2v) is 3.69. The van der Waals surface area contributed by atoms with Gasteiger partial charge in [-0.05, 0) is 12.1 Å². The number of nitrogens with zero attached hydrogens (tertiary/aromatic N) is 3. The van der Waals surface area contributed by atoms with Crippen molar-refractivity contribution in [2.24, 2.45) is 5.73 Å². The van der Waals surface area contributed by atoms with E-state index in [0.717, 1.165) is 16.9 Å². The highest BCUT2D eigenvalue weighted by Gasteiger charge is 2.08. The molecule has 0 saturated heterocycles. The fraction of sp³-hybridized carbons (Fsp3) is 0.182.